The van der Waals surface area contributed by atoms with E-state index in [4.69, 9.17) is 0 Å². The van der Waals surface area contributed by atoms with Gasteiger partial charge in [-0.15, -0.1) is 0 Å². The second-order valence-corrected chi connectivity index (χ2v) is 7.50. The van der Waals surface area contributed by atoms with E-state index in [0.717, 1.165) is 30.6 Å². The highest BCUT2D eigenvalue weighted by atomic mass is 15.3. The largest absolute Gasteiger partial charge is 0.313 e. The smallest absolute Gasteiger partial charge is 0.0252 e. The third kappa shape index (κ3) is 3.62. The highest BCUT2D eigenvalue weighted by Gasteiger charge is 2.37. The fourth-order valence-electron chi connectivity index (χ4n) is 5.04. The average Bonchev–Trinajstić information content (AvgIpc) is 2.85. The molecule has 3 fully saturated rings. The van der Waals surface area contributed by atoms with E-state index in [0.29, 0.717) is 0 Å². The van der Waals surface area contributed by atoms with Crippen molar-refractivity contribution in [1.29, 1.82) is 0 Å². The van der Waals surface area contributed by atoms with Crippen LogP contribution in [0.4, 0.5) is 0 Å². The van der Waals surface area contributed by atoms with Crippen LogP contribution in [0.3, 0.4) is 0 Å². The van der Waals surface area contributed by atoms with Crippen LogP contribution < -0.4 is 5.32 Å². The molecule has 2 saturated heterocycles. The summed E-state index contributed by atoms with van der Waals surface area (Å²) in [5, 5.41) is 3.80. The van der Waals surface area contributed by atoms with E-state index in [-0.39, 0.29) is 0 Å². The van der Waals surface area contributed by atoms with Crippen LogP contribution in [0, 0.1) is 5.92 Å². The van der Waals surface area contributed by atoms with Crippen LogP contribution in [0.5, 0.6) is 0 Å². The van der Waals surface area contributed by atoms with Gasteiger partial charge in [-0.2, -0.15) is 0 Å². The highest BCUT2D eigenvalue weighted by molar-refractivity contribution is 4.94. The van der Waals surface area contributed by atoms with Gasteiger partial charge in [-0.3, -0.25) is 9.80 Å². The zero-order chi connectivity index (χ0) is 14.7. The molecule has 3 heteroatoms. The van der Waals surface area contributed by atoms with Crippen LogP contribution >= 0.6 is 0 Å². The Labute approximate surface area is 131 Å². The molecule has 1 saturated carbocycles. The fourth-order valence-corrected chi connectivity index (χ4v) is 5.04. The maximum atomic E-state index is 3.80. The summed E-state index contributed by atoms with van der Waals surface area (Å²) in [4.78, 5) is 5.65. The first-order chi connectivity index (χ1) is 10.3. The number of hydrogen-bond donors (Lipinski definition) is 1. The quantitative estimate of drug-likeness (QED) is 0.860. The van der Waals surface area contributed by atoms with Gasteiger partial charge < -0.3 is 5.32 Å². The summed E-state index contributed by atoms with van der Waals surface area (Å²) in [6.45, 7) is 11.1. The van der Waals surface area contributed by atoms with E-state index >= 15 is 0 Å². The van der Waals surface area contributed by atoms with Gasteiger partial charge in [0.25, 0.3) is 0 Å². The SMILES string of the molecule is CCNC1CCC(CC)CC1N1CCCN2CCCC2C1. The van der Waals surface area contributed by atoms with E-state index < -0.39 is 0 Å². The summed E-state index contributed by atoms with van der Waals surface area (Å²) in [7, 11) is 0. The molecule has 1 aliphatic carbocycles. The van der Waals surface area contributed by atoms with Crippen LogP contribution in [0.15, 0.2) is 0 Å². The Hall–Kier alpha value is -0.120. The Kier molecular flexibility index (Phi) is 5.58. The predicted molar refractivity (Wildman–Crippen MR) is 89.7 cm³/mol. The zero-order valence-corrected chi connectivity index (χ0v) is 14.2. The van der Waals surface area contributed by atoms with Crippen molar-refractivity contribution >= 4 is 0 Å². The van der Waals surface area contributed by atoms with E-state index in [1.54, 1.807) is 0 Å². The third-order valence-corrected chi connectivity index (χ3v) is 6.27. The summed E-state index contributed by atoms with van der Waals surface area (Å²) >= 11 is 0. The molecular formula is C18H35N3. The standard InChI is InChI=1S/C18H35N3/c1-3-15-8-9-17(19-4-2)18(13-15)21-12-6-11-20-10-5-7-16(20)14-21/h15-19H,3-14H2,1-2H3. The molecule has 3 aliphatic rings. The van der Waals surface area contributed by atoms with E-state index in [1.165, 1.54) is 71.1 Å². The molecule has 4 atom stereocenters. The molecule has 0 aromatic heterocycles. The molecule has 1 N–H and O–H groups in total. The summed E-state index contributed by atoms with van der Waals surface area (Å²) in [5.74, 6) is 0.966. The van der Waals surface area contributed by atoms with Crippen molar-refractivity contribution in [1.82, 2.24) is 15.1 Å². The van der Waals surface area contributed by atoms with Crippen molar-refractivity contribution in [2.45, 2.75) is 76.9 Å². The molecule has 0 amide bonds. The molecule has 2 heterocycles. The lowest BCUT2D eigenvalue weighted by Gasteiger charge is -2.43. The van der Waals surface area contributed by atoms with Crippen LogP contribution in [0.25, 0.3) is 0 Å². The van der Waals surface area contributed by atoms with Gasteiger partial charge in [-0.25, -0.2) is 0 Å². The molecule has 3 nitrogen and oxygen atoms in total. The van der Waals surface area contributed by atoms with Crippen molar-refractivity contribution in [3.05, 3.63) is 0 Å². The van der Waals surface area contributed by atoms with Crippen molar-refractivity contribution < 1.29 is 0 Å². The average molecular weight is 293 g/mol. The Morgan fingerprint density at radius 1 is 0.952 bits per heavy atom. The Morgan fingerprint density at radius 3 is 2.57 bits per heavy atom. The van der Waals surface area contributed by atoms with Gasteiger partial charge in [0.2, 0.25) is 0 Å². The van der Waals surface area contributed by atoms with E-state index in [1.807, 2.05) is 0 Å². The minimum atomic E-state index is 0.741. The van der Waals surface area contributed by atoms with Crippen molar-refractivity contribution in [2.24, 2.45) is 5.92 Å². The maximum Gasteiger partial charge on any atom is 0.0252 e. The Morgan fingerprint density at radius 2 is 1.76 bits per heavy atom. The summed E-state index contributed by atoms with van der Waals surface area (Å²) in [5.41, 5.74) is 0. The number of fused-ring (bicyclic) bond motifs is 1. The number of hydrogen-bond acceptors (Lipinski definition) is 3. The number of nitrogens with zero attached hydrogens (tertiary/aromatic N) is 2. The molecular weight excluding hydrogens is 258 g/mol. The van der Waals surface area contributed by atoms with E-state index in [2.05, 4.69) is 29.0 Å². The molecule has 2 aliphatic heterocycles. The maximum absolute atomic E-state index is 3.80. The summed E-state index contributed by atoms with van der Waals surface area (Å²) in [6, 6.07) is 2.40. The van der Waals surface area contributed by atoms with Crippen LogP contribution in [0.1, 0.15) is 58.8 Å². The summed E-state index contributed by atoms with van der Waals surface area (Å²) in [6.07, 6.45) is 9.88. The minimum Gasteiger partial charge on any atom is -0.313 e. The third-order valence-electron chi connectivity index (χ3n) is 6.27. The van der Waals surface area contributed by atoms with Gasteiger partial charge in [0.05, 0.1) is 0 Å². The predicted octanol–water partition coefficient (Wildman–Crippen LogP) is 2.71. The molecule has 0 aromatic rings. The first kappa shape index (κ1) is 15.8. The van der Waals surface area contributed by atoms with Crippen LogP contribution in [-0.4, -0.2) is 60.6 Å². The van der Waals surface area contributed by atoms with Gasteiger partial charge in [-0.05, 0) is 70.6 Å². The molecule has 0 aromatic carbocycles. The molecule has 4 unspecified atom stereocenters. The van der Waals surface area contributed by atoms with Crippen molar-refractivity contribution in [3.63, 3.8) is 0 Å². The Bertz CT molecular complexity index is 320. The first-order valence-electron chi connectivity index (χ1n) is 9.53. The number of nitrogens with one attached hydrogen (secondary N) is 1. The monoisotopic (exact) mass is 293 g/mol. The lowest BCUT2D eigenvalue weighted by atomic mass is 9.80. The minimum absolute atomic E-state index is 0.741. The van der Waals surface area contributed by atoms with Gasteiger partial charge >= 0.3 is 0 Å². The molecule has 0 radical (unpaired) electrons. The fraction of sp³-hybridized carbons (Fsp3) is 1.00. The first-order valence-corrected chi connectivity index (χ1v) is 9.53. The molecule has 122 valence electrons. The molecule has 0 bridgehead atoms. The van der Waals surface area contributed by atoms with Gasteiger partial charge in [-0.1, -0.05) is 20.3 Å². The Balaban J connectivity index is 1.68. The number of rotatable bonds is 4. The topological polar surface area (TPSA) is 18.5 Å². The van der Waals surface area contributed by atoms with Gasteiger partial charge in [0.15, 0.2) is 0 Å². The number of likely N-dealkylation sites (N-methyl/N-ethyl adjacent to an activating group) is 1. The second kappa shape index (κ2) is 7.43. The highest BCUT2D eigenvalue weighted by Crippen LogP contribution is 2.32. The lowest BCUT2D eigenvalue weighted by molar-refractivity contribution is 0.0888. The normalized spacial score (nSPS) is 39.1. The molecule has 21 heavy (non-hydrogen) atoms. The van der Waals surface area contributed by atoms with E-state index in [9.17, 15) is 0 Å². The van der Waals surface area contributed by atoms with Gasteiger partial charge in [0, 0.05) is 24.7 Å². The molecule has 3 rings (SSSR count). The summed E-state index contributed by atoms with van der Waals surface area (Å²) < 4.78 is 0. The molecule has 0 spiro atoms. The lowest BCUT2D eigenvalue weighted by Crippen LogP contribution is -2.55. The van der Waals surface area contributed by atoms with Crippen molar-refractivity contribution in [2.75, 3.05) is 32.7 Å². The van der Waals surface area contributed by atoms with Crippen LogP contribution in [0.2, 0.25) is 0 Å². The van der Waals surface area contributed by atoms with Gasteiger partial charge in [0.1, 0.15) is 0 Å². The van der Waals surface area contributed by atoms with Crippen molar-refractivity contribution in [3.8, 4) is 0 Å². The second-order valence-electron chi connectivity index (χ2n) is 7.50. The van der Waals surface area contributed by atoms with Crippen LogP contribution in [-0.2, 0) is 0 Å². The zero-order valence-electron chi connectivity index (χ0n) is 14.2.